The van der Waals surface area contributed by atoms with E-state index < -0.39 is 0 Å². The first kappa shape index (κ1) is 14.2. The number of thiophene rings is 1. The van der Waals surface area contributed by atoms with E-state index in [9.17, 15) is 0 Å². The molecular weight excluding hydrogens is 313 g/mol. The van der Waals surface area contributed by atoms with Gasteiger partial charge in [0.15, 0.2) is 0 Å². The highest BCUT2D eigenvalue weighted by Gasteiger charge is 2.21. The SMILES string of the molecule is Clc1ccc(COc2cccc(Cl)c2CNC2CC2)s1. The lowest BCUT2D eigenvalue weighted by Crippen LogP contribution is -2.16. The molecule has 20 heavy (non-hydrogen) atoms. The first-order valence-electron chi connectivity index (χ1n) is 6.60. The highest BCUT2D eigenvalue weighted by Crippen LogP contribution is 2.30. The molecule has 0 radical (unpaired) electrons. The van der Waals surface area contributed by atoms with E-state index in [4.69, 9.17) is 27.9 Å². The summed E-state index contributed by atoms with van der Waals surface area (Å²) < 4.78 is 6.68. The van der Waals surface area contributed by atoms with E-state index in [-0.39, 0.29) is 0 Å². The minimum atomic E-state index is 0.522. The second kappa shape index (κ2) is 6.35. The molecule has 1 N–H and O–H groups in total. The summed E-state index contributed by atoms with van der Waals surface area (Å²) in [6, 6.07) is 10.3. The molecular formula is C15H15Cl2NOS. The number of benzene rings is 1. The van der Waals surface area contributed by atoms with E-state index in [2.05, 4.69) is 5.32 Å². The van der Waals surface area contributed by atoms with Gasteiger partial charge in [0.1, 0.15) is 12.4 Å². The first-order valence-corrected chi connectivity index (χ1v) is 8.17. The van der Waals surface area contributed by atoms with Crippen molar-refractivity contribution in [3.8, 4) is 5.75 Å². The van der Waals surface area contributed by atoms with Crippen LogP contribution in [0.4, 0.5) is 0 Å². The van der Waals surface area contributed by atoms with Crippen LogP contribution >= 0.6 is 34.5 Å². The molecule has 1 fully saturated rings. The third-order valence-electron chi connectivity index (χ3n) is 3.22. The fourth-order valence-electron chi connectivity index (χ4n) is 1.96. The Morgan fingerprint density at radius 3 is 2.75 bits per heavy atom. The van der Waals surface area contributed by atoms with Crippen molar-refractivity contribution < 1.29 is 4.74 Å². The molecule has 0 atom stereocenters. The molecule has 0 aliphatic heterocycles. The van der Waals surface area contributed by atoms with Crippen LogP contribution in [0.5, 0.6) is 5.75 Å². The summed E-state index contributed by atoms with van der Waals surface area (Å²) in [5.41, 5.74) is 1.03. The lowest BCUT2D eigenvalue weighted by molar-refractivity contribution is 0.305. The Balaban J connectivity index is 1.68. The van der Waals surface area contributed by atoms with Crippen LogP contribution in [-0.2, 0) is 13.2 Å². The van der Waals surface area contributed by atoms with Crippen molar-refractivity contribution in [2.24, 2.45) is 0 Å². The summed E-state index contributed by atoms with van der Waals surface area (Å²) in [6.45, 7) is 1.28. The van der Waals surface area contributed by atoms with Gasteiger partial charge in [-0.05, 0) is 37.1 Å². The van der Waals surface area contributed by atoms with Gasteiger partial charge in [0.2, 0.25) is 0 Å². The van der Waals surface area contributed by atoms with E-state index in [0.29, 0.717) is 12.6 Å². The summed E-state index contributed by atoms with van der Waals surface area (Å²) in [5, 5.41) is 4.22. The maximum absolute atomic E-state index is 6.28. The maximum atomic E-state index is 6.28. The summed E-state index contributed by atoms with van der Waals surface area (Å²) in [5.74, 6) is 0.843. The van der Waals surface area contributed by atoms with Crippen molar-refractivity contribution in [1.82, 2.24) is 5.32 Å². The smallest absolute Gasteiger partial charge is 0.125 e. The Kier molecular flexibility index (Phi) is 4.51. The molecule has 1 aliphatic carbocycles. The first-order chi connectivity index (χ1) is 9.72. The summed E-state index contributed by atoms with van der Waals surface area (Å²) in [7, 11) is 0. The average molecular weight is 328 g/mol. The van der Waals surface area contributed by atoms with Crippen molar-refractivity contribution in [2.75, 3.05) is 0 Å². The van der Waals surface area contributed by atoms with Crippen molar-refractivity contribution >= 4 is 34.5 Å². The lowest BCUT2D eigenvalue weighted by Gasteiger charge is -2.13. The lowest BCUT2D eigenvalue weighted by atomic mass is 10.2. The topological polar surface area (TPSA) is 21.3 Å². The van der Waals surface area contributed by atoms with Gasteiger partial charge in [-0.25, -0.2) is 0 Å². The van der Waals surface area contributed by atoms with Gasteiger partial charge in [-0.2, -0.15) is 0 Å². The van der Waals surface area contributed by atoms with Gasteiger partial charge in [0, 0.05) is 28.0 Å². The minimum Gasteiger partial charge on any atom is -0.488 e. The average Bonchev–Trinajstić information content (AvgIpc) is 3.17. The molecule has 0 bridgehead atoms. The van der Waals surface area contributed by atoms with Crippen LogP contribution in [-0.4, -0.2) is 6.04 Å². The van der Waals surface area contributed by atoms with Crippen LogP contribution in [0.15, 0.2) is 30.3 Å². The maximum Gasteiger partial charge on any atom is 0.125 e. The largest absolute Gasteiger partial charge is 0.488 e. The van der Waals surface area contributed by atoms with E-state index in [1.54, 1.807) is 0 Å². The Hall–Kier alpha value is -0.740. The zero-order valence-electron chi connectivity index (χ0n) is 10.9. The summed E-state index contributed by atoms with van der Waals surface area (Å²) in [6.07, 6.45) is 2.52. The molecule has 0 saturated heterocycles. The van der Waals surface area contributed by atoms with Crippen LogP contribution in [0.3, 0.4) is 0 Å². The van der Waals surface area contributed by atoms with Crippen LogP contribution in [0, 0.1) is 0 Å². The number of halogens is 2. The molecule has 1 saturated carbocycles. The predicted octanol–water partition coefficient (Wildman–Crippen LogP) is 4.89. The molecule has 106 valence electrons. The number of nitrogens with one attached hydrogen (secondary N) is 1. The summed E-state index contributed by atoms with van der Waals surface area (Å²) >= 11 is 13.7. The zero-order valence-corrected chi connectivity index (χ0v) is 13.2. The van der Waals surface area contributed by atoms with Gasteiger partial charge in [-0.15, -0.1) is 11.3 Å². The summed E-state index contributed by atoms with van der Waals surface area (Å²) in [4.78, 5) is 1.11. The Labute approximate surface area is 132 Å². The molecule has 0 unspecified atom stereocenters. The van der Waals surface area contributed by atoms with Gasteiger partial charge in [-0.1, -0.05) is 29.3 Å². The Morgan fingerprint density at radius 1 is 1.20 bits per heavy atom. The molecule has 2 aromatic rings. The Morgan fingerprint density at radius 2 is 2.05 bits per heavy atom. The third kappa shape index (κ3) is 3.67. The second-order valence-corrected chi connectivity index (χ2v) is 7.07. The molecule has 1 aromatic heterocycles. The number of hydrogen-bond donors (Lipinski definition) is 1. The number of rotatable bonds is 6. The monoisotopic (exact) mass is 327 g/mol. The molecule has 0 spiro atoms. The van der Waals surface area contributed by atoms with Gasteiger partial charge in [0.25, 0.3) is 0 Å². The fraction of sp³-hybridized carbons (Fsp3) is 0.333. The highest BCUT2D eigenvalue weighted by molar-refractivity contribution is 7.16. The van der Waals surface area contributed by atoms with Crippen LogP contribution < -0.4 is 10.1 Å². The minimum absolute atomic E-state index is 0.522. The normalized spacial score (nSPS) is 14.5. The van der Waals surface area contributed by atoms with E-state index in [0.717, 1.165) is 32.1 Å². The van der Waals surface area contributed by atoms with Crippen molar-refractivity contribution in [3.63, 3.8) is 0 Å². The van der Waals surface area contributed by atoms with Gasteiger partial charge < -0.3 is 10.1 Å². The van der Waals surface area contributed by atoms with Crippen molar-refractivity contribution in [2.45, 2.75) is 32.0 Å². The molecule has 1 aromatic carbocycles. The standard InChI is InChI=1S/C15H15Cl2NOS/c16-13-2-1-3-14(12(13)8-18-10-4-5-10)19-9-11-6-7-15(17)20-11/h1-3,6-7,10,18H,4-5,8-9H2. The van der Waals surface area contributed by atoms with Crippen molar-refractivity contribution in [3.05, 3.63) is 50.1 Å². The predicted molar refractivity (Wildman–Crippen MR) is 85.0 cm³/mol. The van der Waals surface area contributed by atoms with E-state index in [1.165, 1.54) is 24.2 Å². The molecule has 1 aliphatic rings. The Bertz CT molecular complexity index is 595. The molecule has 1 heterocycles. The van der Waals surface area contributed by atoms with E-state index >= 15 is 0 Å². The van der Waals surface area contributed by atoms with Gasteiger partial charge >= 0.3 is 0 Å². The van der Waals surface area contributed by atoms with Gasteiger partial charge in [-0.3, -0.25) is 0 Å². The van der Waals surface area contributed by atoms with Crippen LogP contribution in [0.25, 0.3) is 0 Å². The zero-order chi connectivity index (χ0) is 13.9. The highest BCUT2D eigenvalue weighted by atomic mass is 35.5. The van der Waals surface area contributed by atoms with Crippen LogP contribution in [0.1, 0.15) is 23.3 Å². The van der Waals surface area contributed by atoms with Crippen LogP contribution in [0.2, 0.25) is 9.36 Å². The van der Waals surface area contributed by atoms with Crippen molar-refractivity contribution in [1.29, 1.82) is 0 Å². The molecule has 3 rings (SSSR count). The fourth-order valence-corrected chi connectivity index (χ4v) is 3.19. The number of hydrogen-bond acceptors (Lipinski definition) is 3. The van der Waals surface area contributed by atoms with Gasteiger partial charge in [0.05, 0.1) is 4.34 Å². The second-order valence-electron chi connectivity index (χ2n) is 4.87. The van der Waals surface area contributed by atoms with E-state index in [1.807, 2.05) is 30.3 Å². The molecule has 0 amide bonds. The third-order valence-corrected chi connectivity index (χ3v) is 4.78. The number of ether oxygens (including phenoxy) is 1. The quantitative estimate of drug-likeness (QED) is 0.815. The molecule has 2 nitrogen and oxygen atoms in total. The molecule has 5 heteroatoms.